The van der Waals surface area contributed by atoms with Gasteiger partial charge in [-0.2, -0.15) is 0 Å². The van der Waals surface area contributed by atoms with Crippen LogP contribution in [0.4, 0.5) is 0 Å². The molecule has 1 saturated heterocycles. The number of carbonyl (C=O) groups is 2. The van der Waals surface area contributed by atoms with Gasteiger partial charge in [0.2, 0.25) is 11.8 Å². The molecule has 2 amide bonds. The van der Waals surface area contributed by atoms with Gasteiger partial charge in [0.1, 0.15) is 0 Å². The van der Waals surface area contributed by atoms with Gasteiger partial charge in [-0.3, -0.25) is 14.5 Å². The summed E-state index contributed by atoms with van der Waals surface area (Å²) >= 11 is 1.84. The van der Waals surface area contributed by atoms with Crippen LogP contribution in [-0.4, -0.2) is 53.8 Å². The molecular formula is C18H27N3O2S. The van der Waals surface area contributed by atoms with E-state index in [0.29, 0.717) is 19.0 Å². The second-order valence-corrected chi connectivity index (χ2v) is 7.87. The molecule has 1 fully saturated rings. The molecule has 3 heterocycles. The number of carbonyl (C=O) groups excluding carboxylic acids is 2. The maximum Gasteiger partial charge on any atom is 0.239 e. The Morgan fingerprint density at radius 2 is 2.17 bits per heavy atom. The first kappa shape index (κ1) is 17.4. The van der Waals surface area contributed by atoms with Crippen LogP contribution in [0.3, 0.4) is 0 Å². The van der Waals surface area contributed by atoms with E-state index in [0.717, 1.165) is 45.3 Å². The van der Waals surface area contributed by atoms with Crippen LogP contribution in [0.15, 0.2) is 11.4 Å². The van der Waals surface area contributed by atoms with Crippen LogP contribution in [-0.2, 0) is 22.6 Å². The van der Waals surface area contributed by atoms with Gasteiger partial charge >= 0.3 is 0 Å². The second kappa shape index (κ2) is 8.12. The molecule has 132 valence electrons. The molecule has 5 nitrogen and oxygen atoms in total. The third kappa shape index (κ3) is 4.36. The molecule has 2 aliphatic rings. The van der Waals surface area contributed by atoms with Crippen LogP contribution in [0, 0.1) is 0 Å². The highest BCUT2D eigenvalue weighted by Gasteiger charge is 2.23. The molecule has 0 unspecified atom stereocenters. The van der Waals surface area contributed by atoms with Gasteiger partial charge in [0.05, 0.1) is 6.54 Å². The molecule has 3 rings (SSSR count). The molecule has 1 aromatic rings. The Bertz CT molecular complexity index is 587. The minimum absolute atomic E-state index is 0.0367. The van der Waals surface area contributed by atoms with E-state index >= 15 is 0 Å². The topological polar surface area (TPSA) is 52.7 Å². The van der Waals surface area contributed by atoms with Crippen molar-refractivity contribution in [2.24, 2.45) is 0 Å². The Balaban J connectivity index is 1.43. The van der Waals surface area contributed by atoms with Crippen molar-refractivity contribution in [1.82, 2.24) is 15.1 Å². The third-order valence-corrected chi connectivity index (χ3v) is 6.08. The van der Waals surface area contributed by atoms with Crippen LogP contribution < -0.4 is 5.32 Å². The number of hydrogen-bond acceptors (Lipinski definition) is 4. The highest BCUT2D eigenvalue weighted by atomic mass is 32.1. The van der Waals surface area contributed by atoms with Crippen LogP contribution in [0.25, 0.3) is 0 Å². The normalized spacial score (nSPS) is 20.4. The number of hydrogen-bond donors (Lipinski definition) is 1. The summed E-state index contributed by atoms with van der Waals surface area (Å²) in [6.07, 6.45) is 4.73. The van der Waals surface area contributed by atoms with E-state index < -0.39 is 0 Å². The standard InChI is InChI=1S/C18H27N3O2S/c1-14(20-9-6-16-15(12-20)7-10-24-16)11-19-17(22)13-21-8-4-2-3-5-18(21)23/h7,10,14H,2-6,8-9,11-13H2,1H3,(H,19,22)/t14-/m1/s1. The van der Waals surface area contributed by atoms with Gasteiger partial charge in [0, 0.05) is 43.5 Å². The summed E-state index contributed by atoms with van der Waals surface area (Å²) in [5.74, 6) is 0.0852. The molecular weight excluding hydrogens is 322 g/mol. The van der Waals surface area contributed by atoms with Crippen molar-refractivity contribution in [3.8, 4) is 0 Å². The zero-order valence-electron chi connectivity index (χ0n) is 14.4. The summed E-state index contributed by atoms with van der Waals surface area (Å²) in [5, 5.41) is 5.18. The lowest BCUT2D eigenvalue weighted by atomic mass is 10.1. The summed E-state index contributed by atoms with van der Waals surface area (Å²) in [7, 11) is 0. The fraction of sp³-hybridized carbons (Fsp3) is 0.667. The Labute approximate surface area is 148 Å². The molecule has 1 aromatic heterocycles. The predicted octanol–water partition coefficient (Wildman–Crippen LogP) is 2.01. The van der Waals surface area contributed by atoms with E-state index in [1.807, 2.05) is 11.3 Å². The first-order valence-electron chi connectivity index (χ1n) is 8.97. The monoisotopic (exact) mass is 349 g/mol. The largest absolute Gasteiger partial charge is 0.353 e. The Kier molecular flexibility index (Phi) is 5.89. The number of likely N-dealkylation sites (tertiary alicyclic amines) is 1. The molecule has 1 N–H and O–H groups in total. The molecule has 0 saturated carbocycles. The van der Waals surface area contributed by atoms with Crippen molar-refractivity contribution in [2.45, 2.75) is 51.6 Å². The molecule has 0 bridgehead atoms. The van der Waals surface area contributed by atoms with Crippen LogP contribution >= 0.6 is 11.3 Å². The van der Waals surface area contributed by atoms with Crippen molar-refractivity contribution in [1.29, 1.82) is 0 Å². The molecule has 1 atom stereocenters. The smallest absolute Gasteiger partial charge is 0.239 e. The third-order valence-electron chi connectivity index (χ3n) is 5.06. The van der Waals surface area contributed by atoms with Gasteiger partial charge in [-0.25, -0.2) is 0 Å². The Morgan fingerprint density at radius 1 is 1.29 bits per heavy atom. The van der Waals surface area contributed by atoms with Crippen molar-refractivity contribution in [2.75, 3.05) is 26.2 Å². The van der Waals surface area contributed by atoms with Gasteiger partial charge in [-0.1, -0.05) is 6.42 Å². The Hall–Kier alpha value is -1.40. The SMILES string of the molecule is C[C@H](CNC(=O)CN1CCCCCC1=O)N1CCc2sccc2C1. The fourth-order valence-electron chi connectivity index (χ4n) is 3.47. The van der Waals surface area contributed by atoms with E-state index in [1.165, 1.54) is 10.4 Å². The second-order valence-electron chi connectivity index (χ2n) is 6.87. The molecule has 2 aliphatic heterocycles. The predicted molar refractivity (Wildman–Crippen MR) is 96.0 cm³/mol. The zero-order valence-corrected chi connectivity index (χ0v) is 15.2. The van der Waals surface area contributed by atoms with Crippen molar-refractivity contribution in [3.05, 3.63) is 21.9 Å². The fourth-order valence-corrected chi connectivity index (χ4v) is 4.36. The van der Waals surface area contributed by atoms with Gasteiger partial charge in [0.25, 0.3) is 0 Å². The van der Waals surface area contributed by atoms with Crippen molar-refractivity contribution < 1.29 is 9.59 Å². The number of nitrogens with one attached hydrogen (secondary N) is 1. The highest BCUT2D eigenvalue weighted by Crippen LogP contribution is 2.24. The average Bonchev–Trinajstić information content (AvgIpc) is 2.96. The van der Waals surface area contributed by atoms with Crippen LogP contribution in [0.2, 0.25) is 0 Å². The lowest BCUT2D eigenvalue weighted by Gasteiger charge is -2.32. The number of nitrogens with zero attached hydrogens (tertiary/aromatic N) is 2. The van der Waals surface area contributed by atoms with E-state index in [2.05, 4.69) is 28.6 Å². The molecule has 0 spiro atoms. The van der Waals surface area contributed by atoms with E-state index in [1.54, 1.807) is 4.90 Å². The maximum atomic E-state index is 12.2. The summed E-state index contributed by atoms with van der Waals surface area (Å²) in [6.45, 7) is 5.75. The minimum atomic E-state index is -0.0367. The van der Waals surface area contributed by atoms with E-state index in [-0.39, 0.29) is 18.4 Å². The Morgan fingerprint density at radius 3 is 3.04 bits per heavy atom. The van der Waals surface area contributed by atoms with Gasteiger partial charge < -0.3 is 10.2 Å². The number of amides is 2. The lowest BCUT2D eigenvalue weighted by Crippen LogP contribution is -2.47. The zero-order chi connectivity index (χ0) is 16.9. The van der Waals surface area contributed by atoms with E-state index in [4.69, 9.17) is 0 Å². The summed E-state index contributed by atoms with van der Waals surface area (Å²) in [5.41, 5.74) is 1.43. The molecule has 0 radical (unpaired) electrons. The van der Waals surface area contributed by atoms with Gasteiger partial charge in [0.15, 0.2) is 0 Å². The van der Waals surface area contributed by atoms with Crippen LogP contribution in [0.1, 0.15) is 43.0 Å². The first-order valence-corrected chi connectivity index (χ1v) is 9.85. The molecule has 24 heavy (non-hydrogen) atoms. The minimum Gasteiger partial charge on any atom is -0.353 e. The number of thiophene rings is 1. The van der Waals surface area contributed by atoms with Gasteiger partial charge in [-0.05, 0) is 43.2 Å². The average molecular weight is 350 g/mol. The van der Waals surface area contributed by atoms with Crippen LogP contribution in [0.5, 0.6) is 0 Å². The summed E-state index contributed by atoms with van der Waals surface area (Å²) in [6, 6.07) is 2.52. The first-order chi connectivity index (χ1) is 11.6. The van der Waals surface area contributed by atoms with Crippen molar-refractivity contribution in [3.63, 3.8) is 0 Å². The molecule has 0 aliphatic carbocycles. The van der Waals surface area contributed by atoms with E-state index in [9.17, 15) is 9.59 Å². The summed E-state index contributed by atoms with van der Waals surface area (Å²) in [4.78, 5) is 29.8. The maximum absolute atomic E-state index is 12.2. The number of fused-ring (bicyclic) bond motifs is 1. The van der Waals surface area contributed by atoms with Crippen molar-refractivity contribution >= 4 is 23.2 Å². The quantitative estimate of drug-likeness (QED) is 0.885. The summed E-state index contributed by atoms with van der Waals surface area (Å²) < 4.78 is 0. The molecule has 6 heteroatoms. The lowest BCUT2D eigenvalue weighted by molar-refractivity contribution is -0.135. The highest BCUT2D eigenvalue weighted by molar-refractivity contribution is 7.10. The molecule has 0 aromatic carbocycles. The van der Waals surface area contributed by atoms with Gasteiger partial charge in [-0.15, -0.1) is 11.3 Å². The number of rotatable bonds is 5.